The fraction of sp³-hybridized carbons (Fsp3) is 0.500. The first kappa shape index (κ1) is 14.4. The number of nitrogens with zero attached hydrogens (tertiary/aromatic N) is 2. The summed E-state index contributed by atoms with van der Waals surface area (Å²) < 4.78 is 6.07. The van der Waals surface area contributed by atoms with E-state index in [0.717, 1.165) is 10.8 Å². The molecule has 4 atom stereocenters. The fourth-order valence-corrected chi connectivity index (χ4v) is 1.95. The average Bonchev–Trinajstić information content (AvgIpc) is 2.70. The zero-order chi connectivity index (χ0) is 14.9. The second-order valence-corrected chi connectivity index (χ2v) is 4.22. The van der Waals surface area contributed by atoms with Crippen LogP contribution in [-0.2, 0) is 9.53 Å². The molecule has 0 radical (unpaired) electrons. The zero-order valence-corrected chi connectivity index (χ0v) is 10.2. The van der Waals surface area contributed by atoms with E-state index in [4.69, 9.17) is 15.6 Å². The molecule has 10 heteroatoms. The molecule has 20 heavy (non-hydrogen) atoms. The predicted molar refractivity (Wildman–Crippen MR) is 65.6 cm³/mol. The van der Waals surface area contributed by atoms with E-state index in [1.54, 1.807) is 0 Å². The summed E-state index contributed by atoms with van der Waals surface area (Å²) in [5, 5.41) is 30.7. The number of anilines is 2. The SMILES string of the molecule is Nc1nc(=O)n([C@@H]2O[C@H](CO)[C@@H](O)[C@H]2O)cc1NC=O. The molecule has 1 amide bonds. The smallest absolute Gasteiger partial charge is 0.351 e. The van der Waals surface area contributed by atoms with Crippen LogP contribution in [0.4, 0.5) is 11.5 Å². The molecule has 0 aromatic carbocycles. The van der Waals surface area contributed by atoms with Gasteiger partial charge in [-0.3, -0.25) is 9.36 Å². The molecular formula is C10H14N4O6. The molecule has 1 aromatic heterocycles. The summed E-state index contributed by atoms with van der Waals surface area (Å²) in [4.78, 5) is 25.7. The third-order valence-electron chi connectivity index (χ3n) is 2.99. The number of nitrogens with one attached hydrogen (secondary N) is 1. The number of hydrogen-bond donors (Lipinski definition) is 5. The van der Waals surface area contributed by atoms with Crippen molar-refractivity contribution in [3.05, 3.63) is 16.7 Å². The molecule has 110 valence electrons. The van der Waals surface area contributed by atoms with Crippen LogP contribution in [0.3, 0.4) is 0 Å². The molecule has 0 aliphatic carbocycles. The number of aliphatic hydroxyl groups excluding tert-OH is 3. The first-order valence-electron chi connectivity index (χ1n) is 5.71. The third kappa shape index (κ3) is 2.36. The van der Waals surface area contributed by atoms with E-state index in [1.807, 2.05) is 0 Å². The molecule has 0 bridgehead atoms. The number of carbonyl (C=O) groups excluding carboxylic acids is 1. The number of ether oxygens (including phenoxy) is 1. The Morgan fingerprint density at radius 3 is 2.75 bits per heavy atom. The lowest BCUT2D eigenvalue weighted by molar-refractivity contribution is -0.105. The maximum Gasteiger partial charge on any atom is 0.351 e. The van der Waals surface area contributed by atoms with E-state index in [9.17, 15) is 19.8 Å². The molecular weight excluding hydrogens is 272 g/mol. The minimum atomic E-state index is -1.43. The van der Waals surface area contributed by atoms with Crippen LogP contribution in [0.25, 0.3) is 0 Å². The Labute approximate surface area is 112 Å². The highest BCUT2D eigenvalue weighted by molar-refractivity contribution is 5.76. The number of amides is 1. The Hall–Kier alpha value is -2.01. The monoisotopic (exact) mass is 286 g/mol. The number of rotatable bonds is 4. The van der Waals surface area contributed by atoms with Gasteiger partial charge in [0.25, 0.3) is 0 Å². The largest absolute Gasteiger partial charge is 0.394 e. The molecule has 1 aromatic rings. The number of aromatic nitrogens is 2. The number of nitrogens with two attached hydrogens (primary N) is 1. The minimum Gasteiger partial charge on any atom is -0.394 e. The average molecular weight is 286 g/mol. The molecule has 2 rings (SSSR count). The van der Waals surface area contributed by atoms with Gasteiger partial charge < -0.3 is 31.1 Å². The molecule has 1 aliphatic heterocycles. The Morgan fingerprint density at radius 2 is 2.20 bits per heavy atom. The van der Waals surface area contributed by atoms with Crippen molar-refractivity contribution in [2.24, 2.45) is 0 Å². The van der Waals surface area contributed by atoms with Gasteiger partial charge in [-0.15, -0.1) is 0 Å². The van der Waals surface area contributed by atoms with E-state index in [2.05, 4.69) is 10.3 Å². The first-order chi connectivity index (χ1) is 9.49. The lowest BCUT2D eigenvalue weighted by Crippen LogP contribution is -2.36. The minimum absolute atomic E-state index is 0.0531. The van der Waals surface area contributed by atoms with Crippen LogP contribution in [0.2, 0.25) is 0 Å². The summed E-state index contributed by atoms with van der Waals surface area (Å²) in [7, 11) is 0. The van der Waals surface area contributed by atoms with Crippen molar-refractivity contribution in [2.45, 2.75) is 24.5 Å². The molecule has 0 spiro atoms. The van der Waals surface area contributed by atoms with E-state index < -0.39 is 36.8 Å². The quantitative estimate of drug-likeness (QED) is 0.366. The van der Waals surface area contributed by atoms with Crippen LogP contribution in [0, 0.1) is 0 Å². The molecule has 1 aliphatic rings. The van der Waals surface area contributed by atoms with Crippen LogP contribution in [0.15, 0.2) is 11.0 Å². The third-order valence-corrected chi connectivity index (χ3v) is 2.99. The molecule has 2 heterocycles. The second kappa shape index (κ2) is 5.54. The molecule has 1 fully saturated rings. The van der Waals surface area contributed by atoms with Crippen molar-refractivity contribution < 1.29 is 24.9 Å². The van der Waals surface area contributed by atoms with E-state index >= 15 is 0 Å². The second-order valence-electron chi connectivity index (χ2n) is 4.22. The van der Waals surface area contributed by atoms with Crippen molar-refractivity contribution >= 4 is 17.9 Å². The van der Waals surface area contributed by atoms with Gasteiger partial charge in [0.2, 0.25) is 6.41 Å². The molecule has 1 saturated heterocycles. The van der Waals surface area contributed by atoms with Crippen molar-refractivity contribution in [3.8, 4) is 0 Å². The molecule has 10 nitrogen and oxygen atoms in total. The van der Waals surface area contributed by atoms with Gasteiger partial charge in [-0.1, -0.05) is 0 Å². The van der Waals surface area contributed by atoms with Gasteiger partial charge in [0.15, 0.2) is 12.0 Å². The summed E-state index contributed by atoms with van der Waals surface area (Å²) in [6.07, 6.45) is -3.56. The van der Waals surface area contributed by atoms with Crippen molar-refractivity contribution in [2.75, 3.05) is 17.7 Å². The number of aliphatic hydroxyl groups is 3. The lowest BCUT2D eigenvalue weighted by Gasteiger charge is -2.18. The van der Waals surface area contributed by atoms with Crippen molar-refractivity contribution in [3.63, 3.8) is 0 Å². The van der Waals surface area contributed by atoms with Crippen LogP contribution in [-0.4, -0.2) is 56.2 Å². The summed E-state index contributed by atoms with van der Waals surface area (Å²) in [5.74, 6) is -0.190. The first-order valence-corrected chi connectivity index (χ1v) is 5.71. The van der Waals surface area contributed by atoms with Gasteiger partial charge in [-0.25, -0.2) is 4.79 Å². The van der Waals surface area contributed by atoms with Crippen LogP contribution in [0.5, 0.6) is 0 Å². The van der Waals surface area contributed by atoms with Crippen molar-refractivity contribution in [1.82, 2.24) is 9.55 Å². The van der Waals surface area contributed by atoms with Gasteiger partial charge in [-0.05, 0) is 0 Å². The lowest BCUT2D eigenvalue weighted by atomic mass is 10.1. The predicted octanol–water partition coefficient (Wildman–Crippen LogP) is -2.99. The van der Waals surface area contributed by atoms with Gasteiger partial charge in [0.05, 0.1) is 6.61 Å². The number of nitrogen functional groups attached to an aromatic ring is 1. The Kier molecular flexibility index (Phi) is 3.99. The van der Waals surface area contributed by atoms with Gasteiger partial charge in [0, 0.05) is 6.20 Å². The standard InChI is InChI=1S/C10H14N4O6/c11-8-4(12-3-16)1-14(10(19)13-8)9-7(18)6(17)5(2-15)20-9/h1,3,5-7,9,15,17-18H,2H2,(H,12,16)(H2,11,13,19)/t5-,6-,7-,9-/m1/s1. The molecule has 0 unspecified atom stereocenters. The Morgan fingerprint density at radius 1 is 1.50 bits per heavy atom. The maximum atomic E-state index is 11.8. The van der Waals surface area contributed by atoms with E-state index in [1.165, 1.54) is 0 Å². The molecule has 0 saturated carbocycles. The van der Waals surface area contributed by atoms with Crippen molar-refractivity contribution in [1.29, 1.82) is 0 Å². The summed E-state index contributed by atoms with van der Waals surface area (Å²) in [6.45, 7) is -0.522. The molecule has 6 N–H and O–H groups in total. The van der Waals surface area contributed by atoms with Crippen LogP contribution >= 0.6 is 0 Å². The highest BCUT2D eigenvalue weighted by Crippen LogP contribution is 2.29. The topological polar surface area (TPSA) is 160 Å². The van der Waals surface area contributed by atoms with Gasteiger partial charge in [-0.2, -0.15) is 4.98 Å². The Balaban J connectivity index is 2.40. The van der Waals surface area contributed by atoms with Crippen LogP contribution in [0.1, 0.15) is 6.23 Å². The van der Waals surface area contributed by atoms with Crippen LogP contribution < -0.4 is 16.7 Å². The van der Waals surface area contributed by atoms with Gasteiger partial charge in [0.1, 0.15) is 24.0 Å². The van der Waals surface area contributed by atoms with Gasteiger partial charge >= 0.3 is 5.69 Å². The van der Waals surface area contributed by atoms with E-state index in [-0.39, 0.29) is 11.5 Å². The normalized spacial score (nSPS) is 29.4. The summed E-state index contributed by atoms with van der Waals surface area (Å²) in [6, 6.07) is 0. The fourth-order valence-electron chi connectivity index (χ4n) is 1.95. The number of hydrogen-bond acceptors (Lipinski definition) is 8. The highest BCUT2D eigenvalue weighted by atomic mass is 16.6. The Bertz CT molecular complexity index is 561. The van der Waals surface area contributed by atoms with E-state index in [0.29, 0.717) is 6.41 Å². The summed E-state index contributed by atoms with van der Waals surface area (Å²) >= 11 is 0. The zero-order valence-electron chi connectivity index (χ0n) is 10.2. The maximum absolute atomic E-state index is 11.8. The highest BCUT2D eigenvalue weighted by Gasteiger charge is 2.43. The number of carbonyl (C=O) groups is 1. The summed E-state index contributed by atoms with van der Waals surface area (Å²) in [5.41, 5.74) is 4.68.